The summed E-state index contributed by atoms with van der Waals surface area (Å²) in [6, 6.07) is 0. The van der Waals surface area contributed by atoms with E-state index < -0.39 is 5.54 Å². The first-order valence-corrected chi connectivity index (χ1v) is 8.17. The molecule has 1 aromatic heterocycles. The number of nitrogens with zero attached hydrogens (tertiary/aromatic N) is 4. The van der Waals surface area contributed by atoms with Crippen LogP contribution in [0.4, 0.5) is 0 Å². The molecular formula is C16H24N4O3. The number of carbonyl (C=O) groups excluding carboxylic acids is 2. The molecule has 1 atom stereocenters. The van der Waals surface area contributed by atoms with Gasteiger partial charge in [0, 0.05) is 25.8 Å². The number of rotatable bonds is 3. The number of likely N-dealkylation sites (tertiary alicyclic amines) is 1. The number of carbonyl (C=O) groups is 2. The first-order chi connectivity index (χ1) is 11.0. The molecule has 3 rings (SSSR count). The molecule has 7 heteroatoms. The van der Waals surface area contributed by atoms with E-state index in [1.54, 1.807) is 15.8 Å². The number of aromatic nitrogens is 2. The number of amides is 2. The highest BCUT2D eigenvalue weighted by molar-refractivity contribution is 5.91. The van der Waals surface area contributed by atoms with Gasteiger partial charge in [0.1, 0.15) is 12.1 Å². The molecule has 0 N–H and O–H groups in total. The van der Waals surface area contributed by atoms with Gasteiger partial charge in [-0.05, 0) is 32.3 Å². The van der Waals surface area contributed by atoms with Crippen molar-refractivity contribution in [2.75, 3.05) is 32.8 Å². The molecule has 0 radical (unpaired) electrons. The summed E-state index contributed by atoms with van der Waals surface area (Å²) in [4.78, 5) is 29.2. The fraction of sp³-hybridized carbons (Fsp3) is 0.688. The summed E-state index contributed by atoms with van der Waals surface area (Å²) in [6.45, 7) is 7.00. The van der Waals surface area contributed by atoms with Gasteiger partial charge in [-0.25, -0.2) is 0 Å². The summed E-state index contributed by atoms with van der Waals surface area (Å²) in [5, 5.41) is 4.17. The van der Waals surface area contributed by atoms with E-state index in [9.17, 15) is 9.59 Å². The van der Waals surface area contributed by atoms with E-state index in [1.807, 2.05) is 24.9 Å². The Hall–Kier alpha value is -1.89. The van der Waals surface area contributed by atoms with E-state index in [-0.39, 0.29) is 18.4 Å². The Morgan fingerprint density at radius 2 is 2.04 bits per heavy atom. The van der Waals surface area contributed by atoms with Crippen LogP contribution in [-0.4, -0.2) is 69.8 Å². The van der Waals surface area contributed by atoms with E-state index >= 15 is 0 Å². The SMILES string of the molecule is Cc1cnn(CC(=O)N2CCC[C@@]2(C)C(=O)N2CCOCC2)c1. The summed E-state index contributed by atoms with van der Waals surface area (Å²) in [5.74, 6) is -0.00185. The lowest BCUT2D eigenvalue weighted by molar-refractivity contribution is -0.153. The van der Waals surface area contributed by atoms with Gasteiger partial charge in [0.2, 0.25) is 11.8 Å². The van der Waals surface area contributed by atoms with Crippen LogP contribution in [0.25, 0.3) is 0 Å². The monoisotopic (exact) mass is 320 g/mol. The number of hydrogen-bond donors (Lipinski definition) is 0. The van der Waals surface area contributed by atoms with Crippen LogP contribution >= 0.6 is 0 Å². The molecule has 2 aliphatic rings. The lowest BCUT2D eigenvalue weighted by Gasteiger charge is -2.39. The van der Waals surface area contributed by atoms with E-state index in [0.29, 0.717) is 39.3 Å². The summed E-state index contributed by atoms with van der Waals surface area (Å²) in [6.07, 6.45) is 5.15. The van der Waals surface area contributed by atoms with Gasteiger partial charge in [-0.1, -0.05) is 0 Å². The zero-order valence-electron chi connectivity index (χ0n) is 13.8. The second-order valence-electron chi connectivity index (χ2n) is 6.54. The van der Waals surface area contributed by atoms with Gasteiger partial charge in [0.15, 0.2) is 0 Å². The van der Waals surface area contributed by atoms with Crippen molar-refractivity contribution in [3.63, 3.8) is 0 Å². The standard InChI is InChI=1S/C16H24N4O3/c1-13-10-17-19(11-13)12-14(21)20-5-3-4-16(20,2)15(22)18-6-8-23-9-7-18/h10-11H,3-9,12H2,1-2H3/t16-/m0/s1. The van der Waals surface area contributed by atoms with Crippen molar-refractivity contribution in [2.24, 2.45) is 0 Å². The molecule has 23 heavy (non-hydrogen) atoms. The van der Waals surface area contributed by atoms with E-state index in [2.05, 4.69) is 5.10 Å². The Morgan fingerprint density at radius 1 is 1.30 bits per heavy atom. The van der Waals surface area contributed by atoms with Crippen LogP contribution < -0.4 is 0 Å². The summed E-state index contributed by atoms with van der Waals surface area (Å²) >= 11 is 0. The predicted molar refractivity (Wildman–Crippen MR) is 83.7 cm³/mol. The van der Waals surface area contributed by atoms with Crippen LogP contribution in [-0.2, 0) is 20.9 Å². The second-order valence-corrected chi connectivity index (χ2v) is 6.54. The van der Waals surface area contributed by atoms with E-state index in [1.165, 1.54) is 0 Å². The molecular weight excluding hydrogens is 296 g/mol. The topological polar surface area (TPSA) is 67.7 Å². The molecule has 0 aromatic carbocycles. The zero-order valence-corrected chi connectivity index (χ0v) is 13.8. The molecule has 0 bridgehead atoms. The third-order valence-corrected chi connectivity index (χ3v) is 4.76. The third-order valence-electron chi connectivity index (χ3n) is 4.76. The molecule has 2 amide bonds. The molecule has 2 fully saturated rings. The fourth-order valence-electron chi connectivity index (χ4n) is 3.47. The second kappa shape index (κ2) is 6.31. The Bertz CT molecular complexity index is 594. The molecule has 0 unspecified atom stereocenters. The Labute approximate surface area is 136 Å². The number of morpholine rings is 1. The third kappa shape index (κ3) is 3.10. The highest BCUT2D eigenvalue weighted by Gasteiger charge is 2.47. The first kappa shape index (κ1) is 16.0. The Balaban J connectivity index is 1.72. The summed E-state index contributed by atoms with van der Waals surface area (Å²) in [5.41, 5.74) is 0.280. The number of hydrogen-bond acceptors (Lipinski definition) is 4. The molecule has 0 saturated carbocycles. The van der Waals surface area contributed by atoms with Crippen molar-refractivity contribution in [3.8, 4) is 0 Å². The van der Waals surface area contributed by atoms with Gasteiger partial charge in [-0.3, -0.25) is 14.3 Å². The molecule has 1 aromatic rings. The molecule has 2 aliphatic heterocycles. The van der Waals surface area contributed by atoms with Gasteiger partial charge in [-0.15, -0.1) is 0 Å². The van der Waals surface area contributed by atoms with Gasteiger partial charge in [0.25, 0.3) is 0 Å². The first-order valence-electron chi connectivity index (χ1n) is 8.17. The van der Waals surface area contributed by atoms with Crippen LogP contribution in [0.5, 0.6) is 0 Å². The number of aryl methyl sites for hydroxylation is 1. The van der Waals surface area contributed by atoms with Crippen molar-refractivity contribution in [2.45, 2.75) is 38.8 Å². The van der Waals surface area contributed by atoms with Crippen molar-refractivity contribution >= 4 is 11.8 Å². The van der Waals surface area contributed by atoms with Crippen LogP contribution in [0, 0.1) is 6.92 Å². The Morgan fingerprint density at radius 3 is 2.70 bits per heavy atom. The normalized spacial score (nSPS) is 25.0. The van der Waals surface area contributed by atoms with Crippen LogP contribution in [0.15, 0.2) is 12.4 Å². The Kier molecular flexibility index (Phi) is 4.39. The van der Waals surface area contributed by atoms with Crippen molar-refractivity contribution in [1.82, 2.24) is 19.6 Å². The van der Waals surface area contributed by atoms with E-state index in [0.717, 1.165) is 12.0 Å². The minimum atomic E-state index is -0.739. The lowest BCUT2D eigenvalue weighted by atomic mass is 9.96. The maximum atomic E-state index is 12.9. The van der Waals surface area contributed by atoms with Gasteiger partial charge in [0.05, 0.1) is 19.4 Å². The van der Waals surface area contributed by atoms with Crippen LogP contribution in [0.2, 0.25) is 0 Å². The van der Waals surface area contributed by atoms with Crippen LogP contribution in [0.3, 0.4) is 0 Å². The van der Waals surface area contributed by atoms with Gasteiger partial charge in [-0.2, -0.15) is 5.10 Å². The maximum absolute atomic E-state index is 12.9. The largest absolute Gasteiger partial charge is 0.378 e. The quantitative estimate of drug-likeness (QED) is 0.810. The molecule has 3 heterocycles. The van der Waals surface area contributed by atoms with Gasteiger partial charge >= 0.3 is 0 Å². The van der Waals surface area contributed by atoms with Crippen molar-refractivity contribution in [1.29, 1.82) is 0 Å². The van der Waals surface area contributed by atoms with Crippen molar-refractivity contribution < 1.29 is 14.3 Å². The highest BCUT2D eigenvalue weighted by atomic mass is 16.5. The number of ether oxygens (including phenoxy) is 1. The summed E-state index contributed by atoms with van der Waals surface area (Å²) in [7, 11) is 0. The minimum absolute atomic E-state index is 0.0447. The average Bonchev–Trinajstić information content (AvgIpc) is 3.14. The smallest absolute Gasteiger partial charge is 0.248 e. The molecule has 7 nitrogen and oxygen atoms in total. The van der Waals surface area contributed by atoms with Crippen molar-refractivity contribution in [3.05, 3.63) is 18.0 Å². The fourth-order valence-corrected chi connectivity index (χ4v) is 3.47. The summed E-state index contributed by atoms with van der Waals surface area (Å²) < 4.78 is 6.95. The van der Waals surface area contributed by atoms with Gasteiger partial charge < -0.3 is 14.5 Å². The maximum Gasteiger partial charge on any atom is 0.248 e. The van der Waals surface area contributed by atoms with E-state index in [4.69, 9.17) is 4.74 Å². The zero-order chi connectivity index (χ0) is 16.4. The minimum Gasteiger partial charge on any atom is -0.378 e. The molecule has 0 spiro atoms. The predicted octanol–water partition coefficient (Wildman–Crippen LogP) is 0.431. The highest BCUT2D eigenvalue weighted by Crippen LogP contribution is 2.31. The average molecular weight is 320 g/mol. The molecule has 0 aliphatic carbocycles. The van der Waals surface area contributed by atoms with Crippen LogP contribution in [0.1, 0.15) is 25.3 Å². The molecule has 2 saturated heterocycles. The molecule has 126 valence electrons. The lowest BCUT2D eigenvalue weighted by Crippen LogP contribution is -2.58.